The highest BCUT2D eigenvalue weighted by atomic mass is 15.0. The molecule has 11 aromatic rings. The van der Waals surface area contributed by atoms with Crippen molar-refractivity contribution in [3.63, 3.8) is 0 Å². The smallest absolute Gasteiger partial charge is 0.0548 e. The van der Waals surface area contributed by atoms with Gasteiger partial charge in [0.15, 0.2) is 0 Å². The minimum atomic E-state index is 0.0616. The number of nitrogens with zero attached hydrogens (tertiary/aromatic N) is 2. The molecule has 0 saturated carbocycles. The molecule has 298 valence electrons. The van der Waals surface area contributed by atoms with E-state index in [2.05, 4.69) is 231 Å². The molecule has 2 heterocycles. The molecule has 2 aromatic heterocycles. The van der Waals surface area contributed by atoms with E-state index in [0.29, 0.717) is 0 Å². The number of hydrogen-bond acceptors (Lipinski definition) is 0. The minimum Gasteiger partial charge on any atom is -0.309 e. The summed E-state index contributed by atoms with van der Waals surface area (Å²) in [6.45, 7) is 9.74. The molecule has 62 heavy (non-hydrogen) atoms. The van der Waals surface area contributed by atoms with Crippen molar-refractivity contribution >= 4 is 54.4 Å². The second-order valence-corrected chi connectivity index (χ2v) is 18.7. The molecule has 2 heteroatoms. The molecule has 0 bridgehead atoms. The lowest BCUT2D eigenvalue weighted by Crippen LogP contribution is -2.34. The summed E-state index contributed by atoms with van der Waals surface area (Å²) in [6, 6.07) is 72.3. The molecule has 0 radical (unpaired) electrons. The van der Waals surface area contributed by atoms with Crippen molar-refractivity contribution in [3.8, 4) is 44.8 Å². The van der Waals surface area contributed by atoms with Crippen LogP contribution in [-0.2, 0) is 10.8 Å². The quantitative estimate of drug-likeness (QED) is 0.164. The van der Waals surface area contributed by atoms with Gasteiger partial charge in [-0.15, -0.1) is 0 Å². The largest absolute Gasteiger partial charge is 0.309 e. The molecular weight excluding hydrogens is 749 g/mol. The van der Waals surface area contributed by atoms with E-state index in [4.69, 9.17) is 0 Å². The van der Waals surface area contributed by atoms with Gasteiger partial charge in [-0.25, -0.2) is 0 Å². The zero-order chi connectivity index (χ0) is 41.7. The summed E-state index contributed by atoms with van der Waals surface area (Å²) in [5.74, 6) is 0. The Labute approximate surface area is 363 Å². The molecule has 0 atom stereocenters. The number of benzene rings is 9. The Hall–Kier alpha value is -7.16. The number of rotatable bonds is 5. The second-order valence-electron chi connectivity index (χ2n) is 18.7. The van der Waals surface area contributed by atoms with Crippen LogP contribution < -0.4 is 0 Å². The first kappa shape index (κ1) is 36.7. The lowest BCUT2D eigenvalue weighted by Gasteiger charge is -2.43. The van der Waals surface area contributed by atoms with Crippen molar-refractivity contribution in [3.05, 3.63) is 205 Å². The summed E-state index contributed by atoms with van der Waals surface area (Å²) in [6.07, 6.45) is 2.36. The fourth-order valence-electron chi connectivity index (χ4n) is 11.0. The zero-order valence-corrected chi connectivity index (χ0v) is 35.8. The second kappa shape index (κ2) is 13.7. The molecule has 0 fully saturated rings. The number of aromatic nitrogens is 2. The minimum absolute atomic E-state index is 0.0616. The molecular formula is C60H48N2. The summed E-state index contributed by atoms with van der Waals surface area (Å²) in [4.78, 5) is 0. The Bertz CT molecular complexity index is 3560. The molecule has 12 rings (SSSR count). The maximum atomic E-state index is 2.56. The Kier molecular flexibility index (Phi) is 8.09. The fourth-order valence-corrected chi connectivity index (χ4v) is 11.0. The molecule has 0 N–H and O–H groups in total. The van der Waals surface area contributed by atoms with Gasteiger partial charge in [0.25, 0.3) is 0 Å². The zero-order valence-electron chi connectivity index (χ0n) is 35.8. The van der Waals surface area contributed by atoms with Crippen LogP contribution in [0, 0.1) is 0 Å². The van der Waals surface area contributed by atoms with E-state index in [9.17, 15) is 0 Å². The van der Waals surface area contributed by atoms with Crippen molar-refractivity contribution < 1.29 is 0 Å². The number of fused-ring (bicyclic) bond motifs is 9. The average molecular weight is 797 g/mol. The lowest BCUT2D eigenvalue weighted by atomic mass is 9.61. The van der Waals surface area contributed by atoms with Gasteiger partial charge >= 0.3 is 0 Å². The monoisotopic (exact) mass is 796 g/mol. The van der Waals surface area contributed by atoms with Gasteiger partial charge in [-0.1, -0.05) is 173 Å². The summed E-state index contributed by atoms with van der Waals surface area (Å²) >= 11 is 0. The maximum absolute atomic E-state index is 2.56. The predicted molar refractivity (Wildman–Crippen MR) is 264 cm³/mol. The van der Waals surface area contributed by atoms with Crippen LogP contribution in [0.2, 0.25) is 0 Å². The summed E-state index contributed by atoms with van der Waals surface area (Å²) < 4.78 is 4.98. The first-order valence-corrected chi connectivity index (χ1v) is 22.1. The van der Waals surface area contributed by atoms with Crippen LogP contribution in [-0.4, -0.2) is 9.13 Å². The first-order valence-electron chi connectivity index (χ1n) is 22.1. The van der Waals surface area contributed by atoms with E-state index in [1.807, 2.05) is 0 Å². The van der Waals surface area contributed by atoms with Crippen LogP contribution >= 0.6 is 0 Å². The first-order chi connectivity index (χ1) is 30.3. The van der Waals surface area contributed by atoms with E-state index >= 15 is 0 Å². The van der Waals surface area contributed by atoms with Crippen molar-refractivity contribution in [2.24, 2.45) is 0 Å². The third kappa shape index (κ3) is 5.49. The van der Waals surface area contributed by atoms with E-state index < -0.39 is 0 Å². The van der Waals surface area contributed by atoms with Crippen molar-refractivity contribution in [2.45, 2.75) is 51.4 Å². The standard InChI is InChI=1S/C60H48N2/c1-59(2)36-37-60(3,4)58-48(23-14-24-50(58)59)46-20-10-13-26-52(46)62-54-27-15-22-45(57(54)56-44-19-9-8-18-41(44)30-35-55(56)62)42-31-34-53-49(38-42)47-21-11-12-25-51(47)61(53)43-32-28-40(29-33-43)39-16-6-5-7-17-39/h5-35,38H,36-37H2,1-4H3. The Morgan fingerprint density at radius 2 is 0.968 bits per heavy atom. The van der Waals surface area contributed by atoms with Crippen LogP contribution in [0.5, 0.6) is 0 Å². The Balaban J connectivity index is 1.10. The van der Waals surface area contributed by atoms with Gasteiger partial charge in [0.05, 0.1) is 27.8 Å². The molecule has 0 spiro atoms. The Morgan fingerprint density at radius 1 is 0.371 bits per heavy atom. The van der Waals surface area contributed by atoms with Gasteiger partial charge in [-0.05, 0) is 122 Å². The molecule has 1 aliphatic carbocycles. The van der Waals surface area contributed by atoms with Gasteiger partial charge in [-0.3, -0.25) is 0 Å². The van der Waals surface area contributed by atoms with E-state index in [1.165, 1.54) is 117 Å². The highest BCUT2D eigenvalue weighted by Gasteiger charge is 2.39. The summed E-state index contributed by atoms with van der Waals surface area (Å²) in [7, 11) is 0. The van der Waals surface area contributed by atoms with E-state index in [0.717, 1.165) is 5.69 Å². The SMILES string of the molecule is CC1(C)CCC(C)(C)c2c(-c3ccccc3-n3c4cccc(-c5ccc6c(c5)c5ccccc5n6-c5ccc(-c6ccccc6)cc5)c4c4c5ccccc5ccc43)cccc21. The van der Waals surface area contributed by atoms with Crippen molar-refractivity contribution in [1.29, 1.82) is 0 Å². The van der Waals surface area contributed by atoms with Crippen molar-refractivity contribution in [2.75, 3.05) is 0 Å². The van der Waals surface area contributed by atoms with Crippen LogP contribution in [0.3, 0.4) is 0 Å². The Morgan fingerprint density at radius 3 is 1.82 bits per heavy atom. The molecule has 2 nitrogen and oxygen atoms in total. The summed E-state index contributed by atoms with van der Waals surface area (Å²) in [5.41, 5.74) is 17.9. The maximum Gasteiger partial charge on any atom is 0.0548 e. The van der Waals surface area contributed by atoms with Crippen molar-refractivity contribution in [1.82, 2.24) is 9.13 Å². The van der Waals surface area contributed by atoms with E-state index in [-0.39, 0.29) is 10.8 Å². The molecule has 1 aliphatic rings. The fraction of sp³-hybridized carbons (Fsp3) is 0.133. The highest BCUT2D eigenvalue weighted by Crippen LogP contribution is 2.51. The van der Waals surface area contributed by atoms with Gasteiger partial charge < -0.3 is 9.13 Å². The summed E-state index contributed by atoms with van der Waals surface area (Å²) in [5, 5.41) is 7.60. The van der Waals surface area contributed by atoms with Gasteiger partial charge in [0.1, 0.15) is 0 Å². The topological polar surface area (TPSA) is 9.86 Å². The van der Waals surface area contributed by atoms with Gasteiger partial charge in [-0.2, -0.15) is 0 Å². The molecule has 0 saturated heterocycles. The molecule has 9 aromatic carbocycles. The number of para-hydroxylation sites is 2. The van der Waals surface area contributed by atoms with Crippen LogP contribution in [0.1, 0.15) is 51.7 Å². The van der Waals surface area contributed by atoms with E-state index in [1.54, 1.807) is 0 Å². The third-order valence-electron chi connectivity index (χ3n) is 14.2. The van der Waals surface area contributed by atoms with Gasteiger partial charge in [0.2, 0.25) is 0 Å². The van der Waals surface area contributed by atoms with Gasteiger partial charge in [0, 0.05) is 32.8 Å². The van der Waals surface area contributed by atoms with Crippen LogP contribution in [0.4, 0.5) is 0 Å². The lowest BCUT2D eigenvalue weighted by molar-refractivity contribution is 0.333. The number of hydrogen-bond donors (Lipinski definition) is 0. The normalized spacial score (nSPS) is 14.6. The third-order valence-corrected chi connectivity index (χ3v) is 14.2. The highest BCUT2D eigenvalue weighted by molar-refractivity contribution is 6.25. The predicted octanol–water partition coefficient (Wildman–Crippen LogP) is 16.4. The average Bonchev–Trinajstić information content (AvgIpc) is 3.84. The molecule has 0 amide bonds. The van der Waals surface area contributed by atoms with Crippen LogP contribution in [0.15, 0.2) is 194 Å². The molecule has 0 unspecified atom stereocenters. The molecule has 0 aliphatic heterocycles. The van der Waals surface area contributed by atoms with Crippen LogP contribution in [0.25, 0.3) is 99.1 Å².